The number of carbonyl (C=O) groups excluding carboxylic acids is 4. The van der Waals surface area contributed by atoms with Crippen LogP contribution in [0.1, 0.15) is 168 Å². The molecule has 5 atom stereocenters. The summed E-state index contributed by atoms with van der Waals surface area (Å²) in [7, 11) is 1.86. The van der Waals surface area contributed by atoms with Gasteiger partial charge in [-0.2, -0.15) is 0 Å². The van der Waals surface area contributed by atoms with Gasteiger partial charge >= 0.3 is 0 Å². The summed E-state index contributed by atoms with van der Waals surface area (Å²) in [4.78, 5) is 71.7. The van der Waals surface area contributed by atoms with Crippen LogP contribution < -0.4 is 16.0 Å². The third-order valence-electron chi connectivity index (χ3n) is 16.4. The van der Waals surface area contributed by atoms with Crippen molar-refractivity contribution in [3.8, 4) is 0 Å². The van der Waals surface area contributed by atoms with Gasteiger partial charge in [0.15, 0.2) is 9.47 Å². The Balaban J connectivity index is 0.000000153. The Hall–Kier alpha value is -8.89. The van der Waals surface area contributed by atoms with Crippen molar-refractivity contribution < 1.29 is 19.2 Å². The molecule has 0 aliphatic carbocycles. The molecule has 12 rings (SSSR count). The number of thiazole rings is 2. The van der Waals surface area contributed by atoms with Gasteiger partial charge in [-0.3, -0.25) is 29.8 Å². The van der Waals surface area contributed by atoms with Gasteiger partial charge in [-0.15, -0.1) is 16.4 Å². The van der Waals surface area contributed by atoms with Crippen LogP contribution >= 0.6 is 46.2 Å². The van der Waals surface area contributed by atoms with Crippen LogP contribution in [0.4, 0.5) is 17.0 Å². The number of fused-ring (bicyclic) bond motifs is 4. The Bertz CT molecular complexity index is 4190. The lowest BCUT2D eigenvalue weighted by Gasteiger charge is -2.09. The first kappa shape index (κ1) is 71.9. The average Bonchev–Trinajstić information content (AvgIpc) is 1.77. The fourth-order valence-corrected chi connectivity index (χ4v) is 12.8. The molecule has 0 bridgehead atoms. The number of aromatic nitrogens is 10. The number of benzene rings is 7. The molecule has 21 heteroatoms. The van der Waals surface area contributed by atoms with E-state index in [4.69, 9.17) is 0 Å². The molecular formula is C74H85N13O4S4. The molecule has 0 spiro atoms. The van der Waals surface area contributed by atoms with Crippen LogP contribution in [0.25, 0.3) is 42.5 Å². The zero-order valence-corrected chi connectivity index (χ0v) is 59.3. The Labute approximate surface area is 573 Å². The molecule has 5 N–H and O–H groups in total. The lowest BCUT2D eigenvalue weighted by atomic mass is 9.97. The van der Waals surface area contributed by atoms with E-state index in [1.807, 2.05) is 163 Å². The standard InChI is InChI=1S/C18H19N3O.C18H17NOS2.C13H18N4S.C13H16N2OS.C12H15N3O/c1-3-12(2)13-8-10-14(11-9-13)17(22)21-18-19-15-6-4-5-7-16(15)20-18;1-3-12(2)13-8-10-14(11-9-13)17(20)22-18-19-15-6-4-5-7-16(15)21-18;1-4-10(2)12-7-5-11(6-8-12)9-18-13-14-15-16-17(13)3;1-4-9(3)12(16)15-13-14-10-7-8(2)5-6-11(10)17-13;1-3-8(2)11(16)15-12-13-9-6-4-5-7-10(9)14-12/h4-12H,3H2,1-2H3,(H2,19,20,21,22);4-12H,3H2,1-2H3;5-8,10H,4,9H2,1-3H3;5-7,9H,4H2,1-3H3,(H,14,15,16);4-8H,3H2,1-2H3,(H2,13,14,15,16). The Morgan fingerprint density at radius 2 is 1.01 bits per heavy atom. The zero-order valence-electron chi connectivity index (χ0n) is 56.1. The third kappa shape index (κ3) is 20.8. The maximum Gasteiger partial charge on any atom is 0.257 e. The number of tetrazole rings is 1. The number of hydrogen-bond donors (Lipinski definition) is 5. The van der Waals surface area contributed by atoms with Gasteiger partial charge in [0.2, 0.25) is 34.0 Å². The van der Waals surface area contributed by atoms with Crippen molar-refractivity contribution in [2.45, 2.75) is 141 Å². The molecule has 95 heavy (non-hydrogen) atoms. The topological polar surface area (TPSA) is 231 Å². The number of imidazole rings is 2. The number of amides is 3. The van der Waals surface area contributed by atoms with Crippen LogP contribution in [-0.2, 0) is 22.4 Å². The number of aromatic amines is 2. The third-order valence-corrected chi connectivity index (χ3v) is 20.4. The second kappa shape index (κ2) is 35.6. The number of nitrogens with zero attached hydrogens (tertiary/aromatic N) is 8. The van der Waals surface area contributed by atoms with Gasteiger partial charge in [-0.25, -0.2) is 24.6 Å². The quantitative estimate of drug-likeness (QED) is 0.0475. The highest BCUT2D eigenvalue weighted by atomic mass is 32.2. The maximum atomic E-state index is 12.4. The van der Waals surface area contributed by atoms with Crippen molar-refractivity contribution in [1.29, 1.82) is 0 Å². The summed E-state index contributed by atoms with van der Waals surface area (Å²) in [6, 6.07) is 54.0. The van der Waals surface area contributed by atoms with Crippen molar-refractivity contribution in [2.24, 2.45) is 18.9 Å². The van der Waals surface area contributed by atoms with Crippen LogP contribution in [0, 0.1) is 18.8 Å². The Morgan fingerprint density at radius 1 is 0.516 bits per heavy atom. The van der Waals surface area contributed by atoms with Gasteiger partial charge < -0.3 is 15.3 Å². The molecule has 0 fully saturated rings. The van der Waals surface area contributed by atoms with Gasteiger partial charge in [0.1, 0.15) is 0 Å². The van der Waals surface area contributed by atoms with Crippen molar-refractivity contribution >= 4 is 129 Å². The predicted molar refractivity (Wildman–Crippen MR) is 394 cm³/mol. The second-order valence-corrected chi connectivity index (χ2v) is 27.6. The van der Waals surface area contributed by atoms with E-state index >= 15 is 0 Å². The highest BCUT2D eigenvalue weighted by molar-refractivity contribution is 8.15. The molecule has 0 saturated heterocycles. The summed E-state index contributed by atoms with van der Waals surface area (Å²) in [5, 5.41) is 21.4. The Morgan fingerprint density at radius 3 is 1.53 bits per heavy atom. The number of rotatable bonds is 19. The van der Waals surface area contributed by atoms with E-state index < -0.39 is 0 Å². The number of nitrogens with one attached hydrogen (secondary N) is 5. The van der Waals surface area contributed by atoms with Crippen molar-refractivity contribution in [2.75, 3.05) is 16.0 Å². The van der Waals surface area contributed by atoms with Crippen molar-refractivity contribution in [3.05, 3.63) is 203 Å². The largest absolute Gasteiger partial charge is 0.324 e. The van der Waals surface area contributed by atoms with Gasteiger partial charge in [-0.1, -0.05) is 195 Å². The summed E-state index contributed by atoms with van der Waals surface area (Å²) in [6.45, 7) is 23.1. The van der Waals surface area contributed by atoms with E-state index in [-0.39, 0.29) is 34.7 Å². The molecule has 3 amide bonds. The van der Waals surface area contributed by atoms with E-state index in [0.717, 1.165) is 89.0 Å². The lowest BCUT2D eigenvalue weighted by molar-refractivity contribution is -0.120. The molecule has 5 heterocycles. The summed E-state index contributed by atoms with van der Waals surface area (Å²) < 4.78 is 4.72. The fourth-order valence-electron chi connectivity index (χ4n) is 9.22. The van der Waals surface area contributed by atoms with Crippen LogP contribution in [0.5, 0.6) is 0 Å². The summed E-state index contributed by atoms with van der Waals surface area (Å²) >= 11 is 5.95. The smallest absolute Gasteiger partial charge is 0.257 e. The molecule has 5 unspecified atom stereocenters. The van der Waals surface area contributed by atoms with Gasteiger partial charge in [-0.05, 0) is 167 Å². The van der Waals surface area contributed by atoms with Crippen LogP contribution in [0.15, 0.2) is 173 Å². The van der Waals surface area contributed by atoms with Gasteiger partial charge in [0, 0.05) is 35.8 Å². The minimum atomic E-state index is -0.158. The molecule has 0 saturated carbocycles. The molecule has 17 nitrogen and oxygen atoms in total. The maximum absolute atomic E-state index is 12.4. The number of hydrogen-bond acceptors (Lipinski definition) is 15. The van der Waals surface area contributed by atoms with E-state index in [1.54, 1.807) is 27.8 Å². The number of aryl methyl sites for hydroxylation is 2. The highest BCUT2D eigenvalue weighted by Crippen LogP contribution is 2.33. The minimum Gasteiger partial charge on any atom is -0.324 e. The molecule has 0 radical (unpaired) electrons. The van der Waals surface area contributed by atoms with E-state index in [2.05, 4.69) is 145 Å². The lowest BCUT2D eigenvalue weighted by Crippen LogP contribution is -2.20. The van der Waals surface area contributed by atoms with E-state index in [1.165, 1.54) is 57.3 Å². The normalized spacial score (nSPS) is 12.5. The molecule has 5 aromatic heterocycles. The number of anilines is 3. The van der Waals surface area contributed by atoms with E-state index in [9.17, 15) is 19.2 Å². The molecular weight excluding hydrogens is 1260 g/mol. The second-order valence-electron chi connectivity index (χ2n) is 23.4. The summed E-state index contributed by atoms with van der Waals surface area (Å²) in [6.07, 6.45) is 5.04. The van der Waals surface area contributed by atoms with Crippen molar-refractivity contribution in [3.63, 3.8) is 0 Å². The molecule has 12 aromatic rings. The minimum absolute atomic E-state index is 0.00144. The summed E-state index contributed by atoms with van der Waals surface area (Å²) in [5.74, 6) is 3.48. The van der Waals surface area contributed by atoms with E-state index in [0.29, 0.717) is 40.3 Å². The van der Waals surface area contributed by atoms with Crippen LogP contribution in [0.3, 0.4) is 0 Å². The number of para-hydroxylation sites is 5. The SMILES string of the molecule is CCC(C)C(=O)Nc1nc2cc(C)ccc2s1.CCC(C)C(=O)Nc1nc2ccccc2[nH]1.CCC(C)c1ccc(C(=O)Nc2nc3ccccc3[nH]2)cc1.CCC(C)c1ccc(C(=O)Sc2nc3ccccc3s2)cc1.CCC(C)c1ccc(CSc2nnnn2C)cc1. The predicted octanol–water partition coefficient (Wildman–Crippen LogP) is 19.2. The summed E-state index contributed by atoms with van der Waals surface area (Å²) in [5.41, 5.74) is 13.2. The number of thioether (sulfide) groups is 2. The van der Waals surface area contributed by atoms with Gasteiger partial charge in [0.25, 0.3) is 5.91 Å². The highest BCUT2D eigenvalue weighted by Gasteiger charge is 2.17. The first-order valence-electron chi connectivity index (χ1n) is 32.3. The van der Waals surface area contributed by atoms with Crippen LogP contribution in [0.2, 0.25) is 0 Å². The fraction of sp³-hybridized carbons (Fsp3) is 0.311. The average molecular weight is 1350 g/mol. The monoisotopic (exact) mass is 1350 g/mol. The number of H-pyrrole nitrogens is 2. The van der Waals surface area contributed by atoms with Crippen molar-refractivity contribution in [1.82, 2.24) is 50.1 Å². The first-order valence-corrected chi connectivity index (χ1v) is 35.7. The molecule has 7 aromatic carbocycles. The molecule has 494 valence electrons. The number of carbonyl (C=O) groups is 4. The Kier molecular flexibility index (Phi) is 26.9. The molecule has 0 aliphatic heterocycles. The van der Waals surface area contributed by atoms with Crippen LogP contribution in [-0.4, -0.2) is 72.9 Å². The zero-order chi connectivity index (χ0) is 68.0. The van der Waals surface area contributed by atoms with Gasteiger partial charge in [0.05, 0.1) is 42.5 Å². The molecule has 0 aliphatic rings. The first-order chi connectivity index (χ1) is 45.8.